The number of fused-ring (bicyclic) bond motifs is 3. The molecule has 10 heteroatoms. The Hall–Kier alpha value is -3.50. The third kappa shape index (κ3) is 7.37. The van der Waals surface area contributed by atoms with Crippen molar-refractivity contribution in [1.82, 2.24) is 34.5 Å². The van der Waals surface area contributed by atoms with Gasteiger partial charge in [-0.2, -0.15) is 10.2 Å². The van der Waals surface area contributed by atoms with Crippen LogP contribution in [0.3, 0.4) is 0 Å². The van der Waals surface area contributed by atoms with Gasteiger partial charge in [-0.05, 0) is 85.9 Å². The molecular formula is C30H42BrN9. The zero-order valence-corrected chi connectivity index (χ0v) is 25.7. The van der Waals surface area contributed by atoms with E-state index in [0.29, 0.717) is 0 Å². The second kappa shape index (κ2) is 14.8. The SMILES string of the molecule is C.CCc1cnc2c(c1)C(C)=NC2.CCc1cnc2c(c1)c(C)nn2C.CN.Cc1nn(C)c2ncc(Br)cc12. The quantitative estimate of drug-likeness (QED) is 0.261. The molecule has 0 unspecified atom stereocenters. The molecule has 0 saturated heterocycles. The normalized spacial score (nSPS) is 11.3. The van der Waals surface area contributed by atoms with E-state index in [9.17, 15) is 0 Å². The Morgan fingerprint density at radius 2 is 1.27 bits per heavy atom. The standard InChI is InChI=1S/C10H13N3.C10H12N2.C8H8BrN3.CH5N.CH4/c1-4-8-5-9-7(2)12-13(3)10(9)11-6-8;1-3-8-4-9-7(2)11-6-10(9)12-5-8;1-5-7-3-6(9)4-10-8(7)12(2)11-5;1-2;/h5-6H,4H2,1-3H3;4-5H,3,6H2,1-2H3;3-4H,1-2H3;2H2,1H3;1H4. The predicted molar refractivity (Wildman–Crippen MR) is 170 cm³/mol. The second-order valence-corrected chi connectivity index (χ2v) is 10.0. The molecule has 0 amide bonds. The third-order valence-corrected chi connectivity index (χ3v) is 6.88. The summed E-state index contributed by atoms with van der Waals surface area (Å²) >= 11 is 3.38. The van der Waals surface area contributed by atoms with Gasteiger partial charge in [-0.3, -0.25) is 19.3 Å². The summed E-state index contributed by atoms with van der Waals surface area (Å²) in [4.78, 5) is 17.3. The fraction of sp³-hybridized carbons (Fsp3) is 0.400. The topological polar surface area (TPSA) is 113 Å². The Bertz CT molecular complexity index is 1600. The van der Waals surface area contributed by atoms with E-state index in [0.717, 1.165) is 63.3 Å². The highest BCUT2D eigenvalue weighted by Gasteiger charge is 2.13. The van der Waals surface area contributed by atoms with E-state index < -0.39 is 0 Å². The Morgan fingerprint density at radius 1 is 0.775 bits per heavy atom. The Morgan fingerprint density at radius 3 is 1.85 bits per heavy atom. The fourth-order valence-electron chi connectivity index (χ4n) is 4.27. The third-order valence-electron chi connectivity index (χ3n) is 6.45. The van der Waals surface area contributed by atoms with Gasteiger partial charge in [0, 0.05) is 59.2 Å². The summed E-state index contributed by atoms with van der Waals surface area (Å²) in [5, 5.41) is 10.9. The summed E-state index contributed by atoms with van der Waals surface area (Å²) in [6, 6.07) is 6.41. The summed E-state index contributed by atoms with van der Waals surface area (Å²) < 4.78 is 4.60. The lowest BCUT2D eigenvalue weighted by molar-refractivity contribution is 0.773. The van der Waals surface area contributed by atoms with Gasteiger partial charge in [0.1, 0.15) is 0 Å². The molecule has 6 heterocycles. The maximum atomic E-state index is 4.50. The van der Waals surface area contributed by atoms with Crippen molar-refractivity contribution in [3.05, 3.63) is 75.0 Å². The fourth-order valence-corrected chi connectivity index (χ4v) is 4.61. The molecule has 0 aromatic carbocycles. The Kier molecular flexibility index (Phi) is 12.1. The molecule has 9 nitrogen and oxygen atoms in total. The van der Waals surface area contributed by atoms with Crippen LogP contribution < -0.4 is 5.73 Å². The Labute approximate surface area is 246 Å². The van der Waals surface area contributed by atoms with Gasteiger partial charge in [0.2, 0.25) is 0 Å². The number of aliphatic imine (C=N–C) groups is 1. The molecule has 5 aromatic rings. The van der Waals surface area contributed by atoms with Crippen LogP contribution in [-0.4, -0.2) is 47.3 Å². The number of hydrogen-bond donors (Lipinski definition) is 1. The lowest BCUT2D eigenvalue weighted by atomic mass is 10.1. The number of halogens is 1. The van der Waals surface area contributed by atoms with Crippen molar-refractivity contribution in [1.29, 1.82) is 0 Å². The van der Waals surface area contributed by atoms with Crippen LogP contribution in [0, 0.1) is 13.8 Å². The lowest BCUT2D eigenvalue weighted by Gasteiger charge is -2.00. The summed E-state index contributed by atoms with van der Waals surface area (Å²) in [7, 11) is 5.32. The van der Waals surface area contributed by atoms with Crippen LogP contribution in [-0.2, 0) is 33.5 Å². The smallest absolute Gasteiger partial charge is 0.157 e. The highest BCUT2D eigenvalue weighted by atomic mass is 79.9. The molecular weight excluding hydrogens is 566 g/mol. The molecule has 5 aromatic heterocycles. The van der Waals surface area contributed by atoms with Crippen molar-refractivity contribution in [2.24, 2.45) is 24.8 Å². The van der Waals surface area contributed by atoms with Crippen molar-refractivity contribution >= 4 is 43.7 Å². The molecule has 0 saturated carbocycles. The minimum absolute atomic E-state index is 0. The van der Waals surface area contributed by atoms with Gasteiger partial charge in [-0.15, -0.1) is 0 Å². The van der Waals surface area contributed by atoms with Crippen molar-refractivity contribution in [2.75, 3.05) is 7.05 Å². The number of nitrogens with two attached hydrogens (primary N) is 1. The molecule has 214 valence electrons. The van der Waals surface area contributed by atoms with Crippen LogP contribution in [0.5, 0.6) is 0 Å². The molecule has 0 radical (unpaired) electrons. The van der Waals surface area contributed by atoms with Crippen LogP contribution in [0.15, 0.2) is 46.3 Å². The van der Waals surface area contributed by atoms with Gasteiger partial charge in [-0.25, -0.2) is 9.97 Å². The van der Waals surface area contributed by atoms with Crippen LogP contribution in [0.1, 0.15) is 62.0 Å². The van der Waals surface area contributed by atoms with E-state index in [2.05, 4.69) is 77.8 Å². The second-order valence-electron chi connectivity index (χ2n) is 9.10. The molecule has 0 bridgehead atoms. The molecule has 6 rings (SSSR count). The van der Waals surface area contributed by atoms with E-state index in [1.54, 1.807) is 10.9 Å². The summed E-state index contributed by atoms with van der Waals surface area (Å²) in [5.74, 6) is 0. The van der Waals surface area contributed by atoms with E-state index >= 15 is 0 Å². The zero-order chi connectivity index (χ0) is 28.7. The average Bonchev–Trinajstić information content (AvgIpc) is 3.57. The molecule has 0 fully saturated rings. The van der Waals surface area contributed by atoms with Gasteiger partial charge >= 0.3 is 0 Å². The van der Waals surface area contributed by atoms with Gasteiger partial charge in [0.25, 0.3) is 0 Å². The van der Waals surface area contributed by atoms with Crippen LogP contribution in [0.25, 0.3) is 22.1 Å². The maximum Gasteiger partial charge on any atom is 0.157 e. The zero-order valence-electron chi connectivity index (χ0n) is 24.1. The highest BCUT2D eigenvalue weighted by molar-refractivity contribution is 9.10. The van der Waals surface area contributed by atoms with Gasteiger partial charge in [0.15, 0.2) is 11.3 Å². The minimum atomic E-state index is 0. The molecule has 0 spiro atoms. The van der Waals surface area contributed by atoms with Crippen LogP contribution in [0.4, 0.5) is 0 Å². The number of nitrogens with zero attached hydrogens (tertiary/aromatic N) is 8. The molecule has 0 aliphatic carbocycles. The van der Waals surface area contributed by atoms with Crippen molar-refractivity contribution in [2.45, 2.75) is 61.4 Å². The number of aromatic nitrogens is 7. The van der Waals surface area contributed by atoms with Gasteiger partial charge in [0.05, 0.1) is 23.6 Å². The first-order valence-electron chi connectivity index (χ1n) is 13.0. The van der Waals surface area contributed by atoms with E-state index in [-0.39, 0.29) is 7.43 Å². The summed E-state index contributed by atoms with van der Waals surface area (Å²) in [6.45, 7) is 11.1. The van der Waals surface area contributed by atoms with E-state index in [4.69, 9.17) is 0 Å². The van der Waals surface area contributed by atoms with Gasteiger partial charge < -0.3 is 5.73 Å². The van der Waals surface area contributed by atoms with Gasteiger partial charge in [-0.1, -0.05) is 21.3 Å². The highest BCUT2D eigenvalue weighted by Crippen LogP contribution is 2.20. The summed E-state index contributed by atoms with van der Waals surface area (Å²) in [5.41, 5.74) is 14.5. The maximum absolute atomic E-state index is 4.50. The van der Waals surface area contributed by atoms with Crippen LogP contribution >= 0.6 is 15.9 Å². The minimum Gasteiger partial charge on any atom is -0.333 e. The van der Waals surface area contributed by atoms with E-state index in [1.807, 2.05) is 58.0 Å². The Balaban J connectivity index is 0.000000201. The number of aryl methyl sites for hydroxylation is 6. The molecule has 2 N–H and O–H groups in total. The van der Waals surface area contributed by atoms with Crippen molar-refractivity contribution in [3.63, 3.8) is 0 Å². The largest absolute Gasteiger partial charge is 0.333 e. The summed E-state index contributed by atoms with van der Waals surface area (Å²) in [6.07, 6.45) is 7.73. The van der Waals surface area contributed by atoms with E-state index in [1.165, 1.54) is 29.1 Å². The number of pyridine rings is 3. The lowest BCUT2D eigenvalue weighted by Crippen LogP contribution is -1.96. The molecule has 40 heavy (non-hydrogen) atoms. The van der Waals surface area contributed by atoms with Crippen molar-refractivity contribution < 1.29 is 0 Å². The number of hydrogen-bond acceptors (Lipinski definition) is 7. The van der Waals surface area contributed by atoms with Crippen LogP contribution in [0.2, 0.25) is 0 Å². The first-order valence-corrected chi connectivity index (χ1v) is 13.8. The molecule has 1 aliphatic rings. The van der Waals surface area contributed by atoms with Crippen molar-refractivity contribution in [3.8, 4) is 0 Å². The molecule has 1 aliphatic heterocycles. The average molecular weight is 609 g/mol. The first-order chi connectivity index (χ1) is 18.7. The first kappa shape index (κ1) is 32.7. The number of rotatable bonds is 2. The molecule has 0 atom stereocenters. The predicted octanol–water partition coefficient (Wildman–Crippen LogP) is 6.06. The monoisotopic (exact) mass is 607 g/mol.